The Hall–Kier alpha value is -3.25. The van der Waals surface area contributed by atoms with Gasteiger partial charge in [-0.1, -0.05) is 23.7 Å². The Balaban J connectivity index is 1.17. The third-order valence-electron chi connectivity index (χ3n) is 6.45. The van der Waals surface area contributed by atoms with Crippen LogP contribution in [0.5, 0.6) is 5.75 Å². The number of aryl methyl sites for hydroxylation is 1. The molecule has 4 aromatic rings. The lowest BCUT2D eigenvalue weighted by atomic mass is 9.89. The second-order valence-corrected chi connectivity index (χ2v) is 8.82. The number of oxazole rings is 1. The molecule has 1 fully saturated rings. The number of nitrogens with zero attached hydrogens (tertiary/aromatic N) is 2. The number of benzene rings is 2. The number of piperidine rings is 1. The lowest BCUT2D eigenvalue weighted by molar-refractivity contribution is -0.132. The number of H-pyrrole nitrogens is 1. The first kappa shape index (κ1) is 21.6. The summed E-state index contributed by atoms with van der Waals surface area (Å²) in [5.74, 6) is 2.62. The molecule has 1 aliphatic rings. The third kappa shape index (κ3) is 4.48. The minimum atomic E-state index is 0.145. The number of nitrogens with one attached hydrogen (secondary N) is 1. The van der Waals surface area contributed by atoms with E-state index in [0.717, 1.165) is 42.8 Å². The number of halogens is 1. The summed E-state index contributed by atoms with van der Waals surface area (Å²) in [5, 5.41) is 1.82. The van der Waals surface area contributed by atoms with Gasteiger partial charge < -0.3 is 19.0 Å². The molecule has 0 aliphatic carbocycles. The Morgan fingerprint density at radius 3 is 2.85 bits per heavy atom. The van der Waals surface area contributed by atoms with E-state index >= 15 is 0 Å². The van der Waals surface area contributed by atoms with Gasteiger partial charge in [-0.25, -0.2) is 4.98 Å². The summed E-state index contributed by atoms with van der Waals surface area (Å²) in [7, 11) is 1.69. The van der Waals surface area contributed by atoms with E-state index in [0.29, 0.717) is 35.4 Å². The van der Waals surface area contributed by atoms with Gasteiger partial charge in [-0.15, -0.1) is 0 Å². The first-order chi connectivity index (χ1) is 16.1. The van der Waals surface area contributed by atoms with Crippen molar-refractivity contribution in [3.63, 3.8) is 0 Å². The highest BCUT2D eigenvalue weighted by molar-refractivity contribution is 6.33. The quantitative estimate of drug-likeness (QED) is 0.391. The number of rotatable bonds is 6. The molecule has 1 aliphatic heterocycles. The lowest BCUT2D eigenvalue weighted by Crippen LogP contribution is -2.38. The first-order valence-corrected chi connectivity index (χ1v) is 11.6. The van der Waals surface area contributed by atoms with Crippen molar-refractivity contribution in [2.24, 2.45) is 0 Å². The van der Waals surface area contributed by atoms with Crippen LogP contribution in [0.4, 0.5) is 0 Å². The summed E-state index contributed by atoms with van der Waals surface area (Å²) >= 11 is 6.24. The molecule has 0 unspecified atom stereocenters. The van der Waals surface area contributed by atoms with E-state index in [1.807, 2.05) is 35.2 Å². The van der Waals surface area contributed by atoms with E-state index in [4.69, 9.17) is 20.8 Å². The zero-order valence-corrected chi connectivity index (χ0v) is 19.3. The van der Waals surface area contributed by atoms with Gasteiger partial charge in [-0.2, -0.15) is 0 Å². The molecule has 2 aromatic carbocycles. The van der Waals surface area contributed by atoms with Crippen molar-refractivity contribution in [2.75, 3.05) is 20.2 Å². The Kier molecular flexibility index (Phi) is 6.09. The van der Waals surface area contributed by atoms with Gasteiger partial charge in [0, 0.05) is 48.6 Å². The molecule has 3 heterocycles. The summed E-state index contributed by atoms with van der Waals surface area (Å²) in [6, 6.07) is 13.6. The third-order valence-corrected chi connectivity index (χ3v) is 6.78. The first-order valence-electron chi connectivity index (χ1n) is 11.2. The van der Waals surface area contributed by atoms with Gasteiger partial charge >= 0.3 is 0 Å². The van der Waals surface area contributed by atoms with Gasteiger partial charge in [-0.05, 0) is 54.7 Å². The van der Waals surface area contributed by atoms with Crippen LogP contribution < -0.4 is 4.74 Å². The molecule has 0 bridgehead atoms. The lowest BCUT2D eigenvalue weighted by Gasteiger charge is -2.32. The maximum Gasteiger partial charge on any atom is 0.223 e. The molecule has 0 saturated carbocycles. The van der Waals surface area contributed by atoms with Crippen molar-refractivity contribution >= 4 is 28.4 Å². The van der Waals surface area contributed by atoms with Crippen molar-refractivity contribution in [3.05, 3.63) is 71.3 Å². The molecular weight excluding hydrogens is 438 g/mol. The molecule has 0 spiro atoms. The van der Waals surface area contributed by atoms with Crippen LogP contribution in [0.25, 0.3) is 22.2 Å². The molecule has 1 amide bonds. The van der Waals surface area contributed by atoms with E-state index in [9.17, 15) is 4.79 Å². The summed E-state index contributed by atoms with van der Waals surface area (Å²) in [5.41, 5.74) is 3.23. The highest BCUT2D eigenvalue weighted by Crippen LogP contribution is 2.35. The van der Waals surface area contributed by atoms with Crippen LogP contribution >= 0.6 is 11.6 Å². The van der Waals surface area contributed by atoms with Crippen LogP contribution in [0.3, 0.4) is 0 Å². The van der Waals surface area contributed by atoms with E-state index < -0.39 is 0 Å². The number of aromatic amines is 1. The minimum Gasteiger partial charge on any atom is -0.497 e. The zero-order chi connectivity index (χ0) is 22.8. The summed E-state index contributed by atoms with van der Waals surface area (Å²) in [6.07, 6.45) is 6.54. The maximum atomic E-state index is 12.8. The minimum absolute atomic E-state index is 0.145. The maximum absolute atomic E-state index is 12.8. The number of likely N-dealkylation sites (tertiary alicyclic amines) is 1. The summed E-state index contributed by atoms with van der Waals surface area (Å²) < 4.78 is 11.2. The molecule has 0 atom stereocenters. The standard InChI is InChI=1S/C26H26ClN3O3/c1-32-18-6-7-23-20(14-18)21(15-28-23)17-10-12-30(13-11-17)26(31)9-8-25-29-16-24(33-25)19-4-2-3-5-22(19)27/h2-7,14-17,28H,8-13H2,1H3. The topological polar surface area (TPSA) is 71.4 Å². The van der Waals surface area contributed by atoms with Crippen LogP contribution in [-0.4, -0.2) is 41.0 Å². The SMILES string of the molecule is COc1ccc2[nH]cc(C3CCN(C(=O)CCc4ncc(-c5ccccc5Cl)o4)CC3)c2c1. The summed E-state index contributed by atoms with van der Waals surface area (Å²) in [6.45, 7) is 1.52. The van der Waals surface area contributed by atoms with E-state index in [1.54, 1.807) is 13.3 Å². The van der Waals surface area contributed by atoms with E-state index in [2.05, 4.69) is 28.3 Å². The van der Waals surface area contributed by atoms with Crippen molar-refractivity contribution in [2.45, 2.75) is 31.6 Å². The molecule has 170 valence electrons. The molecule has 33 heavy (non-hydrogen) atoms. The average molecular weight is 464 g/mol. The van der Waals surface area contributed by atoms with Crippen LogP contribution in [0, 0.1) is 0 Å². The van der Waals surface area contributed by atoms with Crippen molar-refractivity contribution in [1.29, 1.82) is 0 Å². The molecule has 7 heteroatoms. The van der Waals surface area contributed by atoms with Crippen LogP contribution in [0.15, 0.2) is 59.3 Å². The second kappa shape index (κ2) is 9.32. The zero-order valence-electron chi connectivity index (χ0n) is 18.5. The number of amides is 1. The molecule has 2 aromatic heterocycles. The number of hydrogen-bond donors (Lipinski definition) is 1. The van der Waals surface area contributed by atoms with Crippen molar-refractivity contribution in [1.82, 2.24) is 14.9 Å². The van der Waals surface area contributed by atoms with Crippen LogP contribution in [0.1, 0.15) is 36.6 Å². The monoisotopic (exact) mass is 463 g/mol. The highest BCUT2D eigenvalue weighted by Gasteiger charge is 2.25. The molecular formula is C26H26ClN3O3. The molecule has 5 rings (SSSR count). The number of aromatic nitrogens is 2. The molecule has 1 saturated heterocycles. The molecule has 0 radical (unpaired) electrons. The Labute approximate surface area is 197 Å². The van der Waals surface area contributed by atoms with Crippen LogP contribution in [0.2, 0.25) is 5.02 Å². The predicted molar refractivity (Wildman–Crippen MR) is 129 cm³/mol. The van der Waals surface area contributed by atoms with Gasteiger partial charge in [-0.3, -0.25) is 4.79 Å². The number of methoxy groups -OCH3 is 1. The Morgan fingerprint density at radius 2 is 2.06 bits per heavy atom. The fourth-order valence-electron chi connectivity index (χ4n) is 4.61. The number of hydrogen-bond acceptors (Lipinski definition) is 4. The van der Waals surface area contributed by atoms with Gasteiger partial charge in [0.1, 0.15) is 5.75 Å². The molecule has 1 N–H and O–H groups in total. The van der Waals surface area contributed by atoms with Gasteiger partial charge in [0.15, 0.2) is 11.7 Å². The number of carbonyl (C=O) groups excluding carboxylic acids is 1. The van der Waals surface area contributed by atoms with Gasteiger partial charge in [0.25, 0.3) is 0 Å². The van der Waals surface area contributed by atoms with Gasteiger partial charge in [0.05, 0.1) is 18.3 Å². The Morgan fingerprint density at radius 1 is 1.24 bits per heavy atom. The molecule has 6 nitrogen and oxygen atoms in total. The Bertz CT molecular complexity index is 1270. The number of ether oxygens (including phenoxy) is 1. The van der Waals surface area contributed by atoms with E-state index in [-0.39, 0.29) is 5.91 Å². The normalized spacial score (nSPS) is 14.7. The predicted octanol–water partition coefficient (Wildman–Crippen LogP) is 5.82. The highest BCUT2D eigenvalue weighted by atomic mass is 35.5. The number of fused-ring (bicyclic) bond motifs is 1. The smallest absolute Gasteiger partial charge is 0.223 e. The fraction of sp³-hybridized carbons (Fsp3) is 0.308. The van der Waals surface area contributed by atoms with Crippen molar-refractivity contribution < 1.29 is 13.9 Å². The van der Waals surface area contributed by atoms with Gasteiger partial charge in [0.2, 0.25) is 5.91 Å². The van der Waals surface area contributed by atoms with E-state index in [1.165, 1.54) is 10.9 Å². The largest absolute Gasteiger partial charge is 0.497 e. The second-order valence-electron chi connectivity index (χ2n) is 8.41. The fourth-order valence-corrected chi connectivity index (χ4v) is 4.84. The average Bonchev–Trinajstić information content (AvgIpc) is 3.49. The number of carbonyl (C=O) groups is 1. The summed E-state index contributed by atoms with van der Waals surface area (Å²) in [4.78, 5) is 22.5. The van der Waals surface area contributed by atoms with Crippen LogP contribution in [-0.2, 0) is 11.2 Å². The van der Waals surface area contributed by atoms with Crippen molar-refractivity contribution in [3.8, 4) is 17.1 Å².